The van der Waals surface area contributed by atoms with Crippen LogP contribution in [0.3, 0.4) is 0 Å². The van der Waals surface area contributed by atoms with Crippen LogP contribution in [0.5, 0.6) is 11.5 Å². The molecule has 2 saturated heterocycles. The summed E-state index contributed by atoms with van der Waals surface area (Å²) in [6.07, 6.45) is 1.67. The number of hydrogen-bond donors (Lipinski definition) is 6. The lowest BCUT2D eigenvalue weighted by Gasteiger charge is -2.51. The first kappa shape index (κ1) is 39.9. The standard InChI is InChI=1S/C34H39N9O11S2/c1-4-41-19-12-21(45)20(44)11-17(19)26(46)23(39-41)27(47)36-7-10-43(8-5-6-9-43)13-16-14-55-30-24(29(49)42(30)25(16)31(50)51)38-28(48)22(18-15-56-33(35)37-18)40-54-34(2,3)32(52)53/h11-12,15,24,30H,4-10,13-14H2,1-3H3,(H7-,35,36,37,38,39,40,44,45,46,47,48,50,51,52,53)/t24-,30-/m1/s1. The maximum atomic E-state index is 13.5. The summed E-state index contributed by atoms with van der Waals surface area (Å²) in [5, 5.41) is 55.9. The van der Waals surface area contributed by atoms with E-state index >= 15 is 0 Å². The lowest BCUT2D eigenvalue weighted by Crippen LogP contribution is -2.72. The Bertz CT molecular complexity index is 2260. The number of phenols is 2. The van der Waals surface area contributed by atoms with E-state index in [4.69, 9.17) is 10.6 Å². The average molecular weight is 814 g/mol. The smallest absolute Gasteiger partial charge is 0.350 e. The number of carboxylic acids is 2. The zero-order valence-corrected chi connectivity index (χ0v) is 32.1. The number of aromatic hydroxyl groups is 2. The van der Waals surface area contributed by atoms with Crippen molar-refractivity contribution >= 4 is 74.5 Å². The van der Waals surface area contributed by atoms with Gasteiger partial charge in [-0.15, -0.1) is 23.1 Å². The molecule has 3 aromatic rings. The third-order valence-corrected chi connectivity index (χ3v) is 11.9. The van der Waals surface area contributed by atoms with E-state index in [1.54, 1.807) is 6.92 Å². The number of β-lactam (4-membered cyclic amide) rings is 1. The van der Waals surface area contributed by atoms with Gasteiger partial charge in [-0.05, 0) is 26.8 Å². The van der Waals surface area contributed by atoms with Crippen molar-refractivity contribution in [3.05, 3.63) is 50.4 Å². The molecule has 7 N–H and O–H groups in total. The number of oxime groups is 1. The molecule has 2 fully saturated rings. The van der Waals surface area contributed by atoms with Crippen LogP contribution < -0.4 is 26.9 Å². The Labute approximate surface area is 326 Å². The number of amides is 3. The number of hydrogen-bond acceptors (Lipinski definition) is 16. The number of likely N-dealkylation sites (tertiary alicyclic amines) is 1. The number of aliphatic carboxylic acids is 2. The van der Waals surface area contributed by atoms with Gasteiger partial charge in [0, 0.05) is 42.2 Å². The summed E-state index contributed by atoms with van der Waals surface area (Å²) in [6.45, 7) is 6.47. The van der Waals surface area contributed by atoms with E-state index < -0.39 is 75.0 Å². The number of carbonyl (C=O) groups is 5. The van der Waals surface area contributed by atoms with E-state index in [-0.39, 0.29) is 52.8 Å². The van der Waals surface area contributed by atoms with Gasteiger partial charge >= 0.3 is 5.97 Å². The summed E-state index contributed by atoms with van der Waals surface area (Å²) in [5.74, 6) is -6.04. The molecule has 1 aromatic carbocycles. The monoisotopic (exact) mass is 813 g/mol. The molecular formula is C34H39N9O11S2. The first-order chi connectivity index (χ1) is 26.5. The van der Waals surface area contributed by atoms with Crippen LogP contribution >= 0.6 is 23.1 Å². The lowest BCUT2D eigenvalue weighted by atomic mass is 10.0. The highest BCUT2D eigenvalue weighted by atomic mass is 32.2. The number of nitrogens with two attached hydrogens (primary N) is 1. The molecule has 20 nitrogen and oxygen atoms in total. The second-order valence-electron chi connectivity index (χ2n) is 14.0. The highest BCUT2D eigenvalue weighted by molar-refractivity contribution is 8.00. The maximum Gasteiger partial charge on any atom is 0.350 e. The molecule has 3 aliphatic rings. The number of phenolic OH excluding ortho intramolecular Hbond substituents is 2. The van der Waals surface area contributed by atoms with Crippen molar-refractivity contribution in [2.75, 3.05) is 44.2 Å². The molecular weight excluding hydrogens is 775 g/mol. The van der Waals surface area contributed by atoms with Gasteiger partial charge in [-0.1, -0.05) is 5.16 Å². The van der Waals surface area contributed by atoms with Crippen LogP contribution in [0.25, 0.3) is 10.9 Å². The first-order valence-electron chi connectivity index (χ1n) is 17.5. The van der Waals surface area contributed by atoms with Gasteiger partial charge in [-0.2, -0.15) is 5.10 Å². The van der Waals surface area contributed by atoms with Crippen molar-refractivity contribution in [3.63, 3.8) is 0 Å². The van der Waals surface area contributed by atoms with Gasteiger partial charge in [-0.3, -0.25) is 28.8 Å². The molecule has 2 aromatic heterocycles. The minimum absolute atomic E-state index is 0.00886. The van der Waals surface area contributed by atoms with Gasteiger partial charge in [0.05, 0.1) is 48.7 Å². The fourth-order valence-corrected chi connectivity index (χ4v) is 8.75. The fourth-order valence-electron chi connectivity index (χ4n) is 6.86. The number of quaternary nitrogens is 1. The second kappa shape index (κ2) is 15.4. The molecule has 2 atom stereocenters. The number of thiazole rings is 1. The number of nitrogens with zero attached hydrogens (tertiary/aromatic N) is 6. The molecule has 5 heterocycles. The van der Waals surface area contributed by atoms with Crippen LogP contribution in [0.4, 0.5) is 5.13 Å². The van der Waals surface area contributed by atoms with Crippen LogP contribution in [-0.2, 0) is 30.6 Å². The predicted octanol–water partition coefficient (Wildman–Crippen LogP) is -1.11. The number of fused-ring (bicyclic) bond motifs is 2. The maximum absolute atomic E-state index is 13.5. The van der Waals surface area contributed by atoms with Gasteiger partial charge in [0.1, 0.15) is 23.7 Å². The molecule has 0 bridgehead atoms. The number of carboxylic acid groups (broad SMARTS) is 2. The third kappa shape index (κ3) is 7.58. The summed E-state index contributed by atoms with van der Waals surface area (Å²) >= 11 is 2.24. The molecule has 0 saturated carbocycles. The molecule has 0 aliphatic carbocycles. The Balaban J connectivity index is 1.16. The number of aromatic nitrogens is 3. The summed E-state index contributed by atoms with van der Waals surface area (Å²) in [6, 6.07) is 1.12. The average Bonchev–Trinajstić information content (AvgIpc) is 3.80. The summed E-state index contributed by atoms with van der Waals surface area (Å²) in [5.41, 5.74) is 2.75. The number of aryl methyl sites for hydroxylation is 1. The number of nitrogen functional groups attached to an aromatic ring is 1. The quantitative estimate of drug-likeness (QED) is 0.0370. The van der Waals surface area contributed by atoms with Crippen molar-refractivity contribution in [2.45, 2.75) is 57.2 Å². The van der Waals surface area contributed by atoms with E-state index in [0.29, 0.717) is 29.7 Å². The van der Waals surface area contributed by atoms with Crippen molar-refractivity contribution in [2.24, 2.45) is 5.16 Å². The van der Waals surface area contributed by atoms with Crippen LogP contribution in [0, 0.1) is 0 Å². The number of rotatable bonds is 14. The zero-order valence-electron chi connectivity index (χ0n) is 30.4. The van der Waals surface area contributed by atoms with E-state index in [9.17, 15) is 49.2 Å². The minimum Gasteiger partial charge on any atom is -0.543 e. The number of thioether (sulfide) groups is 1. The third-order valence-electron chi connectivity index (χ3n) is 9.87. The molecule has 0 unspecified atom stereocenters. The van der Waals surface area contributed by atoms with Gasteiger partial charge < -0.3 is 50.9 Å². The zero-order chi connectivity index (χ0) is 40.7. The van der Waals surface area contributed by atoms with Gasteiger partial charge in [0.2, 0.25) is 11.0 Å². The Morgan fingerprint density at radius 2 is 1.86 bits per heavy atom. The number of nitrogens with one attached hydrogen (secondary N) is 2. The second-order valence-corrected chi connectivity index (χ2v) is 16.0. The molecule has 56 heavy (non-hydrogen) atoms. The number of benzene rings is 1. The molecule has 0 radical (unpaired) electrons. The highest BCUT2D eigenvalue weighted by Crippen LogP contribution is 2.41. The van der Waals surface area contributed by atoms with E-state index in [0.717, 1.165) is 35.1 Å². The number of carbonyl (C=O) groups excluding carboxylic acids is 4. The van der Waals surface area contributed by atoms with E-state index in [2.05, 4.69) is 25.9 Å². The highest BCUT2D eigenvalue weighted by Gasteiger charge is 2.54. The topological polar surface area (TPSA) is 292 Å². The van der Waals surface area contributed by atoms with Crippen molar-refractivity contribution < 1.29 is 53.7 Å². The molecule has 0 spiro atoms. The first-order valence-corrected chi connectivity index (χ1v) is 19.4. The van der Waals surface area contributed by atoms with Crippen molar-refractivity contribution in [1.29, 1.82) is 0 Å². The Kier molecular flexibility index (Phi) is 11.0. The molecule has 3 aliphatic heterocycles. The van der Waals surface area contributed by atoms with Crippen LogP contribution in [0.2, 0.25) is 0 Å². The van der Waals surface area contributed by atoms with Crippen LogP contribution in [-0.4, -0.2) is 130 Å². The predicted molar refractivity (Wildman–Crippen MR) is 199 cm³/mol. The Morgan fingerprint density at radius 3 is 2.48 bits per heavy atom. The lowest BCUT2D eigenvalue weighted by molar-refractivity contribution is -0.911. The largest absolute Gasteiger partial charge is 0.543 e. The minimum atomic E-state index is -1.81. The Hall–Kier alpha value is -5.74. The van der Waals surface area contributed by atoms with Gasteiger partial charge in [-0.25, -0.2) is 9.78 Å². The Morgan fingerprint density at radius 1 is 1.16 bits per heavy atom. The fraction of sp³-hybridized carbons (Fsp3) is 0.441. The van der Waals surface area contributed by atoms with Gasteiger partial charge in [0.15, 0.2) is 28.0 Å². The molecule has 298 valence electrons. The summed E-state index contributed by atoms with van der Waals surface area (Å²) < 4.78 is 1.76. The molecule has 22 heteroatoms. The molecule has 3 amide bonds. The summed E-state index contributed by atoms with van der Waals surface area (Å²) in [4.78, 5) is 87.9. The SMILES string of the molecule is CCn1nc(C(=O)NCC[N+]2(CC3=C(C(=O)[O-])N4C(=O)[C@@H](NC(=O)/C(=N\OC(C)(C)C(=O)O)c5csc(N)n5)[C@H]4SC3)CCCC2)c(=O)c2cc(O)c(O)cc21. The van der Waals surface area contributed by atoms with Crippen molar-refractivity contribution in [1.82, 2.24) is 30.3 Å². The van der Waals surface area contributed by atoms with Crippen LogP contribution in [0.1, 0.15) is 49.8 Å². The van der Waals surface area contributed by atoms with E-state index in [1.165, 1.54) is 41.7 Å². The normalized spacial score (nSPS) is 19.4. The van der Waals surface area contributed by atoms with Crippen molar-refractivity contribution in [3.8, 4) is 11.5 Å². The number of anilines is 1. The van der Waals surface area contributed by atoms with E-state index in [1.807, 2.05) is 0 Å². The van der Waals surface area contributed by atoms with Gasteiger partial charge in [0.25, 0.3) is 17.7 Å². The molecule has 6 rings (SSSR count). The van der Waals surface area contributed by atoms with Crippen LogP contribution in [0.15, 0.2) is 38.7 Å². The summed E-state index contributed by atoms with van der Waals surface area (Å²) in [7, 11) is 0.